The Morgan fingerprint density at radius 1 is 0.800 bits per heavy atom. The smallest absolute Gasteiger partial charge is 0.354 e. The first-order valence-electron chi connectivity index (χ1n) is 11.8. The minimum Gasteiger partial charge on any atom is -0.354 e. The third kappa shape index (κ3) is 6.25. The number of benzene rings is 2. The lowest BCUT2D eigenvalue weighted by Gasteiger charge is -2.12. The van der Waals surface area contributed by atoms with Crippen molar-refractivity contribution in [3.05, 3.63) is 115 Å². The molecular formula is C28H20F4N8. The monoisotopic (exact) mass is 544 g/mol. The normalized spacial score (nSPS) is 11.5. The second kappa shape index (κ2) is 11.3. The molecular weight excluding hydrogens is 524 g/mol. The quantitative estimate of drug-likeness (QED) is 0.109. The highest BCUT2D eigenvalue weighted by Crippen LogP contribution is 2.31. The van der Waals surface area contributed by atoms with E-state index in [0.29, 0.717) is 16.9 Å². The topological polar surface area (TPSA) is 105 Å². The Morgan fingerprint density at radius 2 is 1.60 bits per heavy atom. The number of anilines is 3. The van der Waals surface area contributed by atoms with Crippen LogP contribution in [0.3, 0.4) is 0 Å². The predicted molar refractivity (Wildman–Crippen MR) is 144 cm³/mol. The van der Waals surface area contributed by atoms with Crippen LogP contribution in [0.15, 0.2) is 103 Å². The lowest BCUT2D eigenvalue weighted by atomic mass is 10.0. The first-order chi connectivity index (χ1) is 19.3. The van der Waals surface area contributed by atoms with Crippen molar-refractivity contribution < 1.29 is 17.6 Å². The molecule has 3 heterocycles. The van der Waals surface area contributed by atoms with Crippen LogP contribution in [0, 0.1) is 5.82 Å². The number of nitrogens with one attached hydrogen (secondary N) is 1. The molecule has 0 saturated carbocycles. The van der Waals surface area contributed by atoms with Crippen LogP contribution >= 0.6 is 0 Å². The first kappa shape index (κ1) is 26.4. The van der Waals surface area contributed by atoms with Gasteiger partial charge in [0.25, 0.3) is 5.95 Å². The average Bonchev–Trinajstić information content (AvgIpc) is 2.97. The number of hydrazone groups is 1. The van der Waals surface area contributed by atoms with E-state index in [-0.39, 0.29) is 17.3 Å². The molecule has 0 spiro atoms. The molecule has 200 valence electrons. The van der Waals surface area contributed by atoms with Crippen LogP contribution in [0.4, 0.5) is 34.9 Å². The number of halogens is 4. The lowest BCUT2D eigenvalue weighted by molar-refractivity contribution is -0.137. The van der Waals surface area contributed by atoms with Gasteiger partial charge in [0.05, 0.1) is 35.6 Å². The molecule has 5 aromatic rings. The highest BCUT2D eigenvalue weighted by Gasteiger charge is 2.30. The van der Waals surface area contributed by atoms with Gasteiger partial charge < -0.3 is 5.32 Å². The molecule has 0 aliphatic rings. The highest BCUT2D eigenvalue weighted by molar-refractivity contribution is 5.78. The van der Waals surface area contributed by atoms with E-state index in [0.717, 1.165) is 34.6 Å². The van der Waals surface area contributed by atoms with Crippen molar-refractivity contribution in [1.29, 1.82) is 0 Å². The number of pyridine rings is 2. The number of nitrogens with zero attached hydrogens (tertiary/aromatic N) is 6. The summed E-state index contributed by atoms with van der Waals surface area (Å²) in [5, 5.41) is 7.80. The van der Waals surface area contributed by atoms with Crippen molar-refractivity contribution in [2.24, 2.45) is 10.9 Å². The second-order valence-corrected chi connectivity index (χ2v) is 8.46. The maximum absolute atomic E-state index is 14.7. The van der Waals surface area contributed by atoms with Crippen molar-refractivity contribution >= 4 is 23.5 Å². The standard InChI is InChI=1S/C28H20F4N8/c29-25-17-36-27(39-26(25)20-11-19(13-34-14-20)18-5-2-1-3-6-18)40(33)37-16-23-9-10-24(15-35-23)38-22-8-4-7-21(12-22)28(30,31)32/h1-17,38H,33H2/b37-16+. The molecule has 3 N–H and O–H groups in total. The van der Waals surface area contributed by atoms with E-state index >= 15 is 0 Å². The lowest BCUT2D eigenvalue weighted by Crippen LogP contribution is -2.27. The first-order valence-corrected chi connectivity index (χ1v) is 11.8. The van der Waals surface area contributed by atoms with Crippen LogP contribution in [0.5, 0.6) is 0 Å². The van der Waals surface area contributed by atoms with Gasteiger partial charge in [-0.1, -0.05) is 36.4 Å². The fourth-order valence-corrected chi connectivity index (χ4v) is 3.70. The van der Waals surface area contributed by atoms with E-state index < -0.39 is 17.6 Å². The van der Waals surface area contributed by atoms with Crippen molar-refractivity contribution in [3.63, 3.8) is 0 Å². The van der Waals surface area contributed by atoms with Crippen LogP contribution < -0.4 is 16.3 Å². The third-order valence-corrected chi connectivity index (χ3v) is 5.63. The van der Waals surface area contributed by atoms with Crippen molar-refractivity contribution in [1.82, 2.24) is 19.9 Å². The minimum atomic E-state index is -4.44. The minimum absolute atomic E-state index is 0.00377. The van der Waals surface area contributed by atoms with Gasteiger partial charge in [0.2, 0.25) is 0 Å². The van der Waals surface area contributed by atoms with Gasteiger partial charge in [-0.15, -0.1) is 0 Å². The van der Waals surface area contributed by atoms with Gasteiger partial charge in [-0.25, -0.2) is 20.2 Å². The van der Waals surface area contributed by atoms with Gasteiger partial charge in [0, 0.05) is 29.2 Å². The van der Waals surface area contributed by atoms with Crippen LogP contribution in [0.25, 0.3) is 22.4 Å². The maximum Gasteiger partial charge on any atom is 0.416 e. The number of nitrogens with two attached hydrogens (primary N) is 1. The predicted octanol–water partition coefficient (Wildman–Crippen LogP) is 6.22. The molecule has 0 saturated heterocycles. The summed E-state index contributed by atoms with van der Waals surface area (Å²) in [6.07, 6.45) is 2.48. The summed E-state index contributed by atoms with van der Waals surface area (Å²) in [6.45, 7) is 0. The fourth-order valence-electron chi connectivity index (χ4n) is 3.70. The van der Waals surface area contributed by atoms with E-state index in [1.165, 1.54) is 30.7 Å². The number of hydrogen-bond donors (Lipinski definition) is 2. The molecule has 0 unspecified atom stereocenters. The van der Waals surface area contributed by atoms with E-state index in [2.05, 4.69) is 30.4 Å². The number of rotatable bonds is 7. The molecule has 8 nitrogen and oxygen atoms in total. The Morgan fingerprint density at radius 3 is 2.35 bits per heavy atom. The molecule has 5 rings (SSSR count). The zero-order valence-corrected chi connectivity index (χ0v) is 20.6. The summed E-state index contributed by atoms with van der Waals surface area (Å²) in [5.41, 5.74) is 2.52. The summed E-state index contributed by atoms with van der Waals surface area (Å²) < 4.78 is 53.5. The Bertz CT molecular complexity index is 1640. The van der Waals surface area contributed by atoms with E-state index in [9.17, 15) is 17.6 Å². The Balaban J connectivity index is 1.29. The third-order valence-electron chi connectivity index (χ3n) is 5.63. The number of hydrazine groups is 1. The van der Waals surface area contributed by atoms with Gasteiger partial charge in [-0.05, 0) is 42.0 Å². The molecule has 0 aliphatic carbocycles. The summed E-state index contributed by atoms with van der Waals surface area (Å²) in [6, 6.07) is 19.3. The van der Waals surface area contributed by atoms with Crippen molar-refractivity contribution in [2.45, 2.75) is 6.18 Å². The zero-order valence-electron chi connectivity index (χ0n) is 20.6. The van der Waals surface area contributed by atoms with Gasteiger partial charge in [0.15, 0.2) is 5.82 Å². The van der Waals surface area contributed by atoms with Crippen molar-refractivity contribution in [3.8, 4) is 22.4 Å². The molecule has 0 atom stereocenters. The summed E-state index contributed by atoms with van der Waals surface area (Å²) in [7, 11) is 0. The molecule has 2 aromatic carbocycles. The molecule has 0 amide bonds. The number of alkyl halides is 3. The summed E-state index contributed by atoms with van der Waals surface area (Å²) >= 11 is 0. The maximum atomic E-state index is 14.7. The second-order valence-electron chi connectivity index (χ2n) is 8.46. The molecule has 0 fully saturated rings. The highest BCUT2D eigenvalue weighted by atomic mass is 19.4. The summed E-state index contributed by atoms with van der Waals surface area (Å²) in [4.78, 5) is 16.6. The van der Waals surface area contributed by atoms with Crippen molar-refractivity contribution in [2.75, 3.05) is 10.4 Å². The molecule has 0 bridgehead atoms. The Labute approximate surface area is 225 Å². The zero-order chi connectivity index (χ0) is 28.1. The van der Waals surface area contributed by atoms with E-state index in [4.69, 9.17) is 5.84 Å². The van der Waals surface area contributed by atoms with E-state index in [1.807, 2.05) is 30.3 Å². The number of aromatic nitrogens is 4. The number of hydrogen-bond acceptors (Lipinski definition) is 8. The van der Waals surface area contributed by atoms with E-state index in [1.54, 1.807) is 24.4 Å². The van der Waals surface area contributed by atoms with Gasteiger partial charge in [-0.3, -0.25) is 9.97 Å². The van der Waals surface area contributed by atoms with Crippen LogP contribution in [0.1, 0.15) is 11.3 Å². The average molecular weight is 545 g/mol. The van der Waals surface area contributed by atoms with Crippen LogP contribution in [0.2, 0.25) is 0 Å². The largest absolute Gasteiger partial charge is 0.416 e. The summed E-state index contributed by atoms with van der Waals surface area (Å²) in [5.74, 6) is 5.26. The SMILES string of the molecule is NN(/N=C/c1ccc(Nc2cccc(C(F)(F)F)c2)cn1)c1ncc(F)c(-c2cncc(-c3ccccc3)c2)n1. The molecule has 0 aliphatic heterocycles. The Kier molecular flexibility index (Phi) is 7.42. The van der Waals surface area contributed by atoms with Gasteiger partial charge in [-0.2, -0.15) is 23.4 Å². The van der Waals surface area contributed by atoms with Gasteiger partial charge >= 0.3 is 6.18 Å². The Hall–Kier alpha value is -5.23. The van der Waals surface area contributed by atoms with Crippen LogP contribution in [-0.2, 0) is 6.18 Å². The van der Waals surface area contributed by atoms with Gasteiger partial charge in [0.1, 0.15) is 5.69 Å². The fraction of sp³-hybridized carbons (Fsp3) is 0.0357. The molecule has 3 aromatic heterocycles. The molecule has 40 heavy (non-hydrogen) atoms. The van der Waals surface area contributed by atoms with Crippen LogP contribution in [-0.4, -0.2) is 26.2 Å². The molecule has 0 radical (unpaired) electrons. The molecule has 12 heteroatoms.